The molecule has 168 valence electrons. The summed E-state index contributed by atoms with van der Waals surface area (Å²) in [6, 6.07) is 29.9. The molecule has 1 aliphatic heterocycles. The lowest BCUT2D eigenvalue weighted by Gasteiger charge is -2.29. The van der Waals surface area contributed by atoms with Crippen molar-refractivity contribution in [1.82, 2.24) is 4.98 Å². The quantitative estimate of drug-likeness (QED) is 0.267. The Kier molecular flexibility index (Phi) is 5.90. The van der Waals surface area contributed by atoms with Gasteiger partial charge in [-0.25, -0.2) is 9.99 Å². The summed E-state index contributed by atoms with van der Waals surface area (Å²) in [4.78, 5) is 5.04. The van der Waals surface area contributed by atoms with Gasteiger partial charge in [0.1, 0.15) is 0 Å². The monoisotopic (exact) mass is 525 g/mol. The van der Waals surface area contributed by atoms with Gasteiger partial charge in [0, 0.05) is 21.3 Å². The van der Waals surface area contributed by atoms with Crippen LogP contribution in [0.3, 0.4) is 0 Å². The van der Waals surface area contributed by atoms with Crippen molar-refractivity contribution in [2.45, 2.75) is 25.3 Å². The van der Waals surface area contributed by atoms with Crippen LogP contribution in [0.2, 0.25) is 0 Å². The van der Waals surface area contributed by atoms with Crippen LogP contribution in [0.1, 0.15) is 36.4 Å². The summed E-state index contributed by atoms with van der Waals surface area (Å²) in [5.41, 5.74) is 7.24. The number of nitrogens with zero attached hydrogens (tertiary/aromatic N) is 3. The number of anilines is 1. The molecule has 2 aliphatic rings. The Hall–Kier alpha value is -3.02. The standard InChI is InChI=1S/C29H24BrN3S/c30-24-16-14-21(15-17-24)26-19-34-29(31-26)33-28(22-10-5-2-6-11-22)25-13-7-12-23(27(25)32-33)18-20-8-3-1-4-9-20/h1-6,8-11,14-19,25,28H,7,12-13H2/b23-18-. The maximum atomic E-state index is 5.26. The average Bonchev–Trinajstić information content (AvgIpc) is 3.51. The first kappa shape index (κ1) is 21.5. The maximum Gasteiger partial charge on any atom is 0.207 e. The first-order chi connectivity index (χ1) is 16.8. The number of benzene rings is 3. The van der Waals surface area contributed by atoms with E-state index < -0.39 is 0 Å². The van der Waals surface area contributed by atoms with Gasteiger partial charge in [-0.15, -0.1) is 11.3 Å². The van der Waals surface area contributed by atoms with Crippen molar-refractivity contribution in [3.8, 4) is 11.3 Å². The molecule has 0 N–H and O–H groups in total. The fourth-order valence-corrected chi connectivity index (χ4v) is 6.10. The van der Waals surface area contributed by atoms with Crippen LogP contribution in [0.5, 0.6) is 0 Å². The third-order valence-electron chi connectivity index (χ3n) is 6.61. The van der Waals surface area contributed by atoms with Gasteiger partial charge in [-0.05, 0) is 54.2 Å². The third kappa shape index (κ3) is 4.15. The van der Waals surface area contributed by atoms with Gasteiger partial charge in [-0.2, -0.15) is 5.10 Å². The molecule has 0 spiro atoms. The molecule has 1 fully saturated rings. The number of fused-ring (bicyclic) bond motifs is 1. The second-order valence-corrected chi connectivity index (χ2v) is 10.5. The molecular weight excluding hydrogens is 502 g/mol. The summed E-state index contributed by atoms with van der Waals surface area (Å²) in [5.74, 6) is 0.367. The van der Waals surface area contributed by atoms with E-state index in [1.165, 1.54) is 28.8 Å². The smallest absolute Gasteiger partial charge is 0.207 e. The first-order valence-electron chi connectivity index (χ1n) is 11.7. The van der Waals surface area contributed by atoms with Gasteiger partial charge in [0.2, 0.25) is 5.13 Å². The average molecular weight is 527 g/mol. The molecule has 1 aromatic heterocycles. The van der Waals surface area contributed by atoms with E-state index in [-0.39, 0.29) is 6.04 Å². The largest absolute Gasteiger partial charge is 0.231 e. The van der Waals surface area contributed by atoms with Gasteiger partial charge in [0.15, 0.2) is 0 Å². The van der Waals surface area contributed by atoms with Crippen LogP contribution in [-0.4, -0.2) is 10.7 Å². The van der Waals surface area contributed by atoms with Crippen LogP contribution in [-0.2, 0) is 0 Å². The SMILES string of the molecule is Brc1ccc(-c2csc(N3N=C4/C(=C\c5ccccc5)CCCC4C3c3ccccc3)n2)cc1. The van der Waals surface area contributed by atoms with Gasteiger partial charge < -0.3 is 0 Å². The molecule has 0 saturated heterocycles. The lowest BCUT2D eigenvalue weighted by molar-refractivity contribution is 0.487. The molecule has 6 rings (SSSR count). The molecule has 0 bridgehead atoms. The number of aromatic nitrogens is 1. The van der Waals surface area contributed by atoms with E-state index in [0.717, 1.165) is 33.7 Å². The predicted molar refractivity (Wildman–Crippen MR) is 146 cm³/mol. The Morgan fingerprint density at radius 3 is 2.41 bits per heavy atom. The first-order valence-corrected chi connectivity index (χ1v) is 13.3. The van der Waals surface area contributed by atoms with Crippen molar-refractivity contribution in [2.75, 3.05) is 5.01 Å². The number of allylic oxidation sites excluding steroid dienone is 1. The summed E-state index contributed by atoms with van der Waals surface area (Å²) in [6.45, 7) is 0. The van der Waals surface area contributed by atoms with E-state index in [1.54, 1.807) is 11.3 Å². The Morgan fingerprint density at radius 1 is 0.912 bits per heavy atom. The van der Waals surface area contributed by atoms with E-state index in [0.29, 0.717) is 5.92 Å². The van der Waals surface area contributed by atoms with Gasteiger partial charge in [-0.1, -0.05) is 88.7 Å². The Balaban J connectivity index is 1.42. The predicted octanol–water partition coefficient (Wildman–Crippen LogP) is 8.37. The Morgan fingerprint density at radius 2 is 1.65 bits per heavy atom. The molecular formula is C29H24BrN3S. The fraction of sp³-hybridized carbons (Fsp3) is 0.172. The van der Waals surface area contributed by atoms with E-state index in [9.17, 15) is 0 Å². The summed E-state index contributed by atoms with van der Waals surface area (Å²) in [7, 11) is 0. The molecule has 0 amide bonds. The van der Waals surface area contributed by atoms with Crippen molar-refractivity contribution < 1.29 is 0 Å². The number of hydrogen-bond acceptors (Lipinski definition) is 4. The molecule has 2 unspecified atom stereocenters. The number of rotatable bonds is 4. The topological polar surface area (TPSA) is 28.5 Å². The van der Waals surface area contributed by atoms with Crippen molar-refractivity contribution >= 4 is 44.2 Å². The van der Waals surface area contributed by atoms with Crippen molar-refractivity contribution in [3.63, 3.8) is 0 Å². The summed E-state index contributed by atoms with van der Waals surface area (Å²) < 4.78 is 1.07. The van der Waals surface area contributed by atoms with Gasteiger partial charge in [-0.3, -0.25) is 0 Å². The van der Waals surface area contributed by atoms with Crippen molar-refractivity contribution in [1.29, 1.82) is 0 Å². The van der Waals surface area contributed by atoms with Gasteiger partial charge >= 0.3 is 0 Å². The lowest BCUT2D eigenvalue weighted by Crippen LogP contribution is -2.28. The second-order valence-electron chi connectivity index (χ2n) is 8.79. The number of hydrazone groups is 1. The lowest BCUT2D eigenvalue weighted by atomic mass is 9.77. The van der Waals surface area contributed by atoms with E-state index >= 15 is 0 Å². The Bertz CT molecular complexity index is 1340. The second kappa shape index (κ2) is 9.32. The number of thiazole rings is 1. The highest BCUT2D eigenvalue weighted by Gasteiger charge is 2.42. The van der Waals surface area contributed by atoms with Crippen LogP contribution >= 0.6 is 27.3 Å². The Labute approximate surface area is 212 Å². The van der Waals surface area contributed by atoms with Crippen LogP contribution in [0, 0.1) is 5.92 Å². The van der Waals surface area contributed by atoms with Crippen LogP contribution < -0.4 is 5.01 Å². The van der Waals surface area contributed by atoms with Crippen molar-refractivity contribution in [2.24, 2.45) is 11.0 Å². The van der Waals surface area contributed by atoms with E-state index in [1.807, 2.05) is 0 Å². The minimum absolute atomic E-state index is 0.166. The maximum absolute atomic E-state index is 5.26. The summed E-state index contributed by atoms with van der Waals surface area (Å²) in [5, 5.41) is 10.5. The molecule has 0 radical (unpaired) electrons. The van der Waals surface area contributed by atoms with Crippen LogP contribution in [0.25, 0.3) is 17.3 Å². The molecule has 1 saturated carbocycles. The third-order valence-corrected chi connectivity index (χ3v) is 7.97. The van der Waals surface area contributed by atoms with Gasteiger partial charge in [0.25, 0.3) is 0 Å². The van der Waals surface area contributed by atoms with E-state index in [4.69, 9.17) is 10.1 Å². The zero-order chi connectivity index (χ0) is 22.9. The molecule has 2 atom stereocenters. The summed E-state index contributed by atoms with van der Waals surface area (Å²) >= 11 is 5.20. The summed E-state index contributed by atoms with van der Waals surface area (Å²) in [6.07, 6.45) is 5.72. The van der Waals surface area contributed by atoms with Crippen LogP contribution in [0.4, 0.5) is 5.13 Å². The minimum atomic E-state index is 0.166. The zero-order valence-electron chi connectivity index (χ0n) is 18.6. The highest BCUT2D eigenvalue weighted by atomic mass is 79.9. The molecule has 4 aromatic rings. The molecule has 34 heavy (non-hydrogen) atoms. The fourth-order valence-electron chi connectivity index (χ4n) is 5.01. The number of halogens is 1. The normalized spacial score (nSPS) is 20.9. The number of hydrogen-bond donors (Lipinski definition) is 0. The van der Waals surface area contributed by atoms with Gasteiger partial charge in [0.05, 0.1) is 17.4 Å². The van der Waals surface area contributed by atoms with E-state index in [2.05, 4.69) is 117 Å². The van der Waals surface area contributed by atoms with Crippen LogP contribution in [0.15, 0.2) is 105 Å². The molecule has 1 aliphatic carbocycles. The highest BCUT2D eigenvalue weighted by Crippen LogP contribution is 2.47. The highest BCUT2D eigenvalue weighted by molar-refractivity contribution is 9.10. The molecule has 3 nitrogen and oxygen atoms in total. The molecule has 2 heterocycles. The minimum Gasteiger partial charge on any atom is -0.231 e. The molecule has 3 aromatic carbocycles. The zero-order valence-corrected chi connectivity index (χ0v) is 21.0. The van der Waals surface area contributed by atoms with Crippen molar-refractivity contribution in [3.05, 3.63) is 111 Å². The molecule has 5 heteroatoms.